The Kier molecular flexibility index (Phi) is 4.86. The van der Waals surface area contributed by atoms with E-state index < -0.39 is 24.7 Å². The van der Waals surface area contributed by atoms with Gasteiger partial charge in [-0.25, -0.2) is 9.59 Å². The van der Waals surface area contributed by atoms with E-state index in [1.807, 2.05) is 0 Å². The Labute approximate surface area is 103 Å². The molecule has 1 aromatic carbocycles. The van der Waals surface area contributed by atoms with Crippen molar-refractivity contribution in [1.29, 1.82) is 0 Å². The van der Waals surface area contributed by atoms with Crippen molar-refractivity contribution in [2.45, 2.75) is 13.3 Å². The highest BCUT2D eigenvalue weighted by atomic mass is 16.7. The van der Waals surface area contributed by atoms with Gasteiger partial charge in [-0.3, -0.25) is 4.79 Å². The van der Waals surface area contributed by atoms with Crippen LogP contribution in [0.15, 0.2) is 24.3 Å². The van der Waals surface area contributed by atoms with E-state index in [0.717, 1.165) is 0 Å². The Hall–Kier alpha value is -2.37. The lowest BCUT2D eigenvalue weighted by Crippen LogP contribution is -2.15. The zero-order valence-corrected chi connectivity index (χ0v) is 9.71. The van der Waals surface area contributed by atoms with Gasteiger partial charge in [0.2, 0.25) is 6.79 Å². The van der Waals surface area contributed by atoms with Gasteiger partial charge in [0.05, 0.1) is 11.1 Å². The molecule has 0 aliphatic heterocycles. The predicted molar refractivity (Wildman–Crippen MR) is 60.1 cm³/mol. The van der Waals surface area contributed by atoms with Gasteiger partial charge in [0.15, 0.2) is 0 Å². The summed E-state index contributed by atoms with van der Waals surface area (Å²) in [5.74, 6) is -2.58. The number of ether oxygens (including phenoxy) is 2. The molecule has 0 atom stereocenters. The zero-order valence-electron chi connectivity index (χ0n) is 9.71. The lowest BCUT2D eigenvalue weighted by atomic mass is 10.1. The standard InChI is InChI=1S/C12H12O6/c1-2-10(13)17-7-18-12(16)9-6-4-3-5-8(9)11(14)15/h3-6H,2,7H2,1H3,(H,14,15). The summed E-state index contributed by atoms with van der Waals surface area (Å²) in [4.78, 5) is 33.2. The van der Waals surface area contributed by atoms with Gasteiger partial charge in [-0.1, -0.05) is 19.1 Å². The minimum Gasteiger partial charge on any atom is -0.478 e. The maximum absolute atomic E-state index is 11.6. The number of carbonyl (C=O) groups is 3. The van der Waals surface area contributed by atoms with Gasteiger partial charge in [-0.2, -0.15) is 0 Å². The first-order valence-corrected chi connectivity index (χ1v) is 5.21. The fourth-order valence-corrected chi connectivity index (χ4v) is 1.18. The number of aromatic carboxylic acids is 1. The number of rotatable bonds is 5. The second kappa shape index (κ2) is 6.39. The molecule has 6 heteroatoms. The fourth-order valence-electron chi connectivity index (χ4n) is 1.18. The summed E-state index contributed by atoms with van der Waals surface area (Å²) in [6, 6.07) is 5.63. The molecular weight excluding hydrogens is 240 g/mol. The van der Waals surface area contributed by atoms with Gasteiger partial charge < -0.3 is 14.6 Å². The van der Waals surface area contributed by atoms with Crippen LogP contribution in [0.3, 0.4) is 0 Å². The second-order valence-electron chi connectivity index (χ2n) is 3.27. The first-order chi connectivity index (χ1) is 8.56. The molecule has 0 unspecified atom stereocenters. The monoisotopic (exact) mass is 252 g/mol. The lowest BCUT2D eigenvalue weighted by molar-refractivity contribution is -0.151. The topological polar surface area (TPSA) is 89.9 Å². The number of carboxylic acid groups (broad SMARTS) is 1. The highest BCUT2D eigenvalue weighted by Crippen LogP contribution is 2.10. The summed E-state index contributed by atoms with van der Waals surface area (Å²) < 4.78 is 9.20. The first-order valence-electron chi connectivity index (χ1n) is 5.21. The average Bonchev–Trinajstić information content (AvgIpc) is 2.38. The molecule has 0 aromatic heterocycles. The molecule has 96 valence electrons. The summed E-state index contributed by atoms with van der Waals surface area (Å²) in [6.45, 7) is 1.07. The number of carbonyl (C=O) groups excluding carboxylic acids is 2. The van der Waals surface area contributed by atoms with Crippen molar-refractivity contribution in [3.05, 3.63) is 35.4 Å². The zero-order chi connectivity index (χ0) is 13.5. The molecule has 1 rings (SSSR count). The van der Waals surface area contributed by atoms with Crippen molar-refractivity contribution in [2.75, 3.05) is 6.79 Å². The molecule has 0 radical (unpaired) electrons. The van der Waals surface area contributed by atoms with E-state index in [0.29, 0.717) is 0 Å². The summed E-state index contributed by atoms with van der Waals surface area (Å²) in [7, 11) is 0. The van der Waals surface area contributed by atoms with Crippen LogP contribution in [-0.2, 0) is 14.3 Å². The average molecular weight is 252 g/mol. The van der Waals surface area contributed by atoms with Gasteiger partial charge in [0.1, 0.15) is 0 Å². The smallest absolute Gasteiger partial charge is 0.341 e. The number of esters is 2. The Balaban J connectivity index is 2.67. The van der Waals surface area contributed by atoms with Crippen LogP contribution in [-0.4, -0.2) is 29.8 Å². The van der Waals surface area contributed by atoms with Gasteiger partial charge in [-0.15, -0.1) is 0 Å². The molecule has 0 fully saturated rings. The quantitative estimate of drug-likeness (QED) is 0.630. The van der Waals surface area contributed by atoms with Crippen molar-refractivity contribution in [2.24, 2.45) is 0 Å². The molecule has 0 aliphatic rings. The molecular formula is C12H12O6. The number of hydrogen-bond donors (Lipinski definition) is 1. The molecule has 0 amide bonds. The molecule has 0 aliphatic carbocycles. The van der Waals surface area contributed by atoms with Gasteiger partial charge in [-0.05, 0) is 12.1 Å². The van der Waals surface area contributed by atoms with E-state index in [9.17, 15) is 14.4 Å². The molecule has 1 N–H and O–H groups in total. The molecule has 18 heavy (non-hydrogen) atoms. The van der Waals surface area contributed by atoms with Crippen molar-refractivity contribution < 1.29 is 29.0 Å². The van der Waals surface area contributed by atoms with E-state index in [2.05, 4.69) is 9.47 Å². The third-order valence-corrected chi connectivity index (χ3v) is 2.08. The van der Waals surface area contributed by atoms with E-state index in [-0.39, 0.29) is 17.5 Å². The van der Waals surface area contributed by atoms with Crippen LogP contribution in [0, 0.1) is 0 Å². The third-order valence-electron chi connectivity index (χ3n) is 2.08. The van der Waals surface area contributed by atoms with Crippen molar-refractivity contribution in [1.82, 2.24) is 0 Å². The van der Waals surface area contributed by atoms with Crippen LogP contribution in [0.5, 0.6) is 0 Å². The molecule has 0 bridgehead atoms. The minimum atomic E-state index is -1.23. The van der Waals surface area contributed by atoms with Crippen LogP contribution < -0.4 is 0 Å². The van der Waals surface area contributed by atoms with Crippen LogP contribution in [0.4, 0.5) is 0 Å². The normalized spacial score (nSPS) is 9.61. The molecule has 0 spiro atoms. The van der Waals surface area contributed by atoms with E-state index in [1.54, 1.807) is 6.92 Å². The molecule has 0 heterocycles. The van der Waals surface area contributed by atoms with Crippen LogP contribution in [0.1, 0.15) is 34.1 Å². The number of carboxylic acids is 1. The van der Waals surface area contributed by atoms with Crippen LogP contribution in [0.2, 0.25) is 0 Å². The molecule has 6 nitrogen and oxygen atoms in total. The molecule has 0 saturated carbocycles. The van der Waals surface area contributed by atoms with Crippen molar-refractivity contribution >= 4 is 17.9 Å². The molecule has 1 aromatic rings. The first kappa shape index (κ1) is 13.7. The summed E-state index contributed by atoms with van der Waals surface area (Å²) in [5.41, 5.74) is -0.248. The Bertz CT molecular complexity index is 465. The Morgan fingerprint density at radius 2 is 1.72 bits per heavy atom. The second-order valence-corrected chi connectivity index (χ2v) is 3.27. The summed E-state index contributed by atoms with van der Waals surface area (Å²) >= 11 is 0. The van der Waals surface area contributed by atoms with Gasteiger partial charge in [0.25, 0.3) is 0 Å². The highest BCUT2D eigenvalue weighted by Gasteiger charge is 2.17. The van der Waals surface area contributed by atoms with E-state index >= 15 is 0 Å². The van der Waals surface area contributed by atoms with Gasteiger partial charge in [0, 0.05) is 6.42 Å². The van der Waals surface area contributed by atoms with Crippen molar-refractivity contribution in [3.8, 4) is 0 Å². The van der Waals surface area contributed by atoms with Gasteiger partial charge >= 0.3 is 17.9 Å². The minimum absolute atomic E-state index is 0.0856. The SMILES string of the molecule is CCC(=O)OCOC(=O)c1ccccc1C(=O)O. The maximum Gasteiger partial charge on any atom is 0.341 e. The fraction of sp³-hybridized carbons (Fsp3) is 0.250. The largest absolute Gasteiger partial charge is 0.478 e. The number of benzene rings is 1. The summed E-state index contributed by atoms with van der Waals surface area (Å²) in [5, 5.41) is 8.87. The predicted octanol–water partition coefficient (Wildman–Crippen LogP) is 1.45. The summed E-state index contributed by atoms with van der Waals surface area (Å²) in [6.07, 6.45) is 0.170. The van der Waals surface area contributed by atoms with Crippen LogP contribution >= 0.6 is 0 Å². The highest BCUT2D eigenvalue weighted by molar-refractivity contribution is 6.02. The van der Waals surface area contributed by atoms with Crippen molar-refractivity contribution in [3.63, 3.8) is 0 Å². The number of hydrogen-bond acceptors (Lipinski definition) is 5. The molecule has 0 saturated heterocycles. The van der Waals surface area contributed by atoms with Crippen LogP contribution in [0.25, 0.3) is 0 Å². The maximum atomic E-state index is 11.6. The van der Waals surface area contributed by atoms with E-state index in [4.69, 9.17) is 5.11 Å². The third kappa shape index (κ3) is 3.58. The van der Waals surface area contributed by atoms with E-state index in [1.165, 1.54) is 24.3 Å². The Morgan fingerprint density at radius 3 is 2.28 bits per heavy atom. The Morgan fingerprint density at radius 1 is 1.11 bits per heavy atom. The lowest BCUT2D eigenvalue weighted by Gasteiger charge is -2.07.